The molecule has 4 rings (SSSR count). The number of phenols is 1. The van der Waals surface area contributed by atoms with Crippen LogP contribution in [0.5, 0.6) is 5.75 Å². The largest absolute Gasteiger partial charge is 0.508 e. The molecule has 0 aliphatic heterocycles. The van der Waals surface area contributed by atoms with Crippen molar-refractivity contribution in [2.24, 2.45) is 17.6 Å². The molecule has 4 atom stereocenters. The molecule has 0 spiro atoms. The molecule has 37 heavy (non-hydrogen) atoms. The number of hydrogen-bond acceptors (Lipinski definition) is 9. The first-order valence-corrected chi connectivity index (χ1v) is 12.2. The van der Waals surface area contributed by atoms with Crippen LogP contribution in [-0.4, -0.2) is 86.0 Å². The van der Waals surface area contributed by atoms with E-state index >= 15 is 0 Å². The highest BCUT2D eigenvalue weighted by molar-refractivity contribution is 6.24. The minimum Gasteiger partial charge on any atom is -0.508 e. The predicted octanol–water partition coefficient (Wildman–Crippen LogP) is 1.19. The second kappa shape index (κ2) is 8.68. The van der Waals surface area contributed by atoms with Crippen molar-refractivity contribution in [3.63, 3.8) is 0 Å². The molecule has 0 unspecified atom stereocenters. The van der Waals surface area contributed by atoms with Gasteiger partial charge in [0.05, 0.1) is 11.6 Å². The number of carbonyl (C=O) groups is 3. The lowest BCUT2D eigenvalue weighted by Gasteiger charge is -2.50. The zero-order valence-corrected chi connectivity index (χ0v) is 22.0. The average Bonchev–Trinajstić information content (AvgIpc) is 2.74. The van der Waals surface area contributed by atoms with Gasteiger partial charge in [-0.25, -0.2) is 0 Å². The third kappa shape index (κ3) is 3.94. The first-order valence-electron chi connectivity index (χ1n) is 12.2. The van der Waals surface area contributed by atoms with E-state index in [0.717, 1.165) is 5.56 Å². The monoisotopic (exact) mass is 513 g/mol. The molecule has 1 saturated carbocycles. The van der Waals surface area contributed by atoms with Crippen molar-refractivity contribution in [2.45, 2.75) is 57.3 Å². The summed E-state index contributed by atoms with van der Waals surface area (Å²) in [4.78, 5) is 42.6. The lowest BCUT2D eigenvalue weighted by molar-refractivity contribution is -0.153. The van der Waals surface area contributed by atoms with Crippen LogP contribution in [0.1, 0.15) is 43.9 Å². The number of hydrogen-bond donors (Lipinski definition) is 5. The van der Waals surface area contributed by atoms with Crippen LogP contribution in [0.25, 0.3) is 5.76 Å². The molecule has 3 aliphatic rings. The first kappa shape index (κ1) is 26.8. The van der Waals surface area contributed by atoms with E-state index in [0.29, 0.717) is 12.1 Å². The number of carbonyl (C=O) groups excluding carboxylic acids is 3. The second-order valence-electron chi connectivity index (χ2n) is 11.6. The molecule has 10 heteroatoms. The summed E-state index contributed by atoms with van der Waals surface area (Å²) >= 11 is 0. The fraction of sp³-hybridized carbons (Fsp3) is 0.519. The van der Waals surface area contributed by atoms with Crippen LogP contribution >= 0.6 is 0 Å². The van der Waals surface area contributed by atoms with Gasteiger partial charge in [-0.1, -0.05) is 6.07 Å². The number of Topliss-reactive ketones (excluding diaryl/α,β-unsaturated/α-hetero) is 2. The Morgan fingerprint density at radius 3 is 2.30 bits per heavy atom. The van der Waals surface area contributed by atoms with Gasteiger partial charge in [-0.05, 0) is 77.9 Å². The number of rotatable bonds is 4. The van der Waals surface area contributed by atoms with Crippen molar-refractivity contribution in [2.75, 3.05) is 21.1 Å². The van der Waals surface area contributed by atoms with Gasteiger partial charge in [-0.15, -0.1) is 0 Å². The Hall–Kier alpha value is -3.21. The highest BCUT2D eigenvalue weighted by Crippen LogP contribution is 2.52. The molecule has 10 nitrogen and oxygen atoms in total. The number of aliphatic hydroxyl groups excluding tert-OH is 2. The van der Waals surface area contributed by atoms with E-state index in [-0.39, 0.29) is 35.3 Å². The van der Waals surface area contributed by atoms with Crippen molar-refractivity contribution in [1.29, 1.82) is 0 Å². The molecule has 3 aliphatic carbocycles. The Balaban J connectivity index is 1.86. The maximum Gasteiger partial charge on any atom is 0.255 e. The molecule has 1 fully saturated rings. The van der Waals surface area contributed by atoms with Gasteiger partial charge in [-0.2, -0.15) is 0 Å². The zero-order chi connectivity index (χ0) is 27.8. The van der Waals surface area contributed by atoms with Crippen LogP contribution in [0.4, 0.5) is 0 Å². The van der Waals surface area contributed by atoms with Crippen LogP contribution in [-0.2, 0) is 27.3 Å². The van der Waals surface area contributed by atoms with Gasteiger partial charge in [0.25, 0.3) is 5.91 Å². The summed E-state index contributed by atoms with van der Waals surface area (Å²) in [5.41, 5.74) is 3.18. The van der Waals surface area contributed by atoms with Gasteiger partial charge in [0.1, 0.15) is 22.8 Å². The third-order valence-corrected chi connectivity index (χ3v) is 8.15. The number of primary amides is 1. The standard InChI is InChI=1S/C27H35N3O7/c1-26(2,3)30(6)11-12-7-13-9-14-10-15-20(29(4)5)22(33)19(25(28)36)24(35)27(15,37)23(34)18(14)21(32)17(13)16(31)8-12/h7-8,14-15,20,31-32,35,37H,9-11H2,1-6H3,(H2,28,36)/t14-,15-,20-,27-/m0/s1. The van der Waals surface area contributed by atoms with Crippen LogP contribution < -0.4 is 5.73 Å². The van der Waals surface area contributed by atoms with Crippen LogP contribution in [0, 0.1) is 11.8 Å². The average molecular weight is 514 g/mol. The van der Waals surface area contributed by atoms with Gasteiger partial charge in [-0.3, -0.25) is 24.2 Å². The molecule has 1 amide bonds. The summed E-state index contributed by atoms with van der Waals surface area (Å²) in [5, 5.41) is 44.5. The topological polar surface area (TPSA) is 165 Å². The normalized spacial score (nSPS) is 28.0. The van der Waals surface area contributed by atoms with Gasteiger partial charge in [0.2, 0.25) is 5.78 Å². The Kier molecular flexibility index (Phi) is 6.30. The number of nitrogens with two attached hydrogens (primary N) is 1. The van der Waals surface area contributed by atoms with E-state index in [1.807, 2.05) is 13.1 Å². The van der Waals surface area contributed by atoms with Crippen LogP contribution in [0.3, 0.4) is 0 Å². The molecular weight excluding hydrogens is 478 g/mol. The summed E-state index contributed by atoms with van der Waals surface area (Å²) in [6, 6.07) is 2.32. The number of fused-ring (bicyclic) bond motifs is 3. The quantitative estimate of drug-likeness (QED) is 0.372. The second-order valence-corrected chi connectivity index (χ2v) is 11.6. The fourth-order valence-electron chi connectivity index (χ4n) is 5.94. The van der Waals surface area contributed by atoms with Gasteiger partial charge < -0.3 is 26.2 Å². The molecular formula is C27H35N3O7. The smallest absolute Gasteiger partial charge is 0.255 e. The molecule has 0 bridgehead atoms. The number of benzene rings is 1. The van der Waals surface area contributed by atoms with E-state index in [1.165, 1.54) is 11.0 Å². The molecule has 0 radical (unpaired) electrons. The van der Waals surface area contributed by atoms with Crippen molar-refractivity contribution >= 4 is 23.2 Å². The van der Waals surface area contributed by atoms with Crippen LogP contribution in [0.15, 0.2) is 29.0 Å². The lowest BCUT2D eigenvalue weighted by atomic mass is 9.57. The van der Waals surface area contributed by atoms with Gasteiger partial charge >= 0.3 is 0 Å². The minimum atomic E-state index is -2.63. The minimum absolute atomic E-state index is 0.0681. The van der Waals surface area contributed by atoms with E-state index in [9.17, 15) is 34.8 Å². The summed E-state index contributed by atoms with van der Waals surface area (Å²) in [6.45, 7) is 6.75. The van der Waals surface area contributed by atoms with Crippen molar-refractivity contribution in [3.8, 4) is 5.75 Å². The summed E-state index contributed by atoms with van der Waals surface area (Å²) in [6.07, 6.45) is 0.341. The first-order chi connectivity index (χ1) is 17.0. The number of ketones is 2. The molecule has 200 valence electrons. The maximum absolute atomic E-state index is 13.8. The highest BCUT2D eigenvalue weighted by Gasteiger charge is 2.64. The SMILES string of the molecule is CN(C)[C@@H]1C(=O)C(C(N)=O)=C(O)[C@@]2(O)C(=O)C3=C(O)c4c(O)cc(CN(C)C(C)(C)C)cc4C[C@H]3C[C@@H]12. The fourth-order valence-corrected chi connectivity index (χ4v) is 5.94. The van der Waals surface area contributed by atoms with Gasteiger partial charge in [0.15, 0.2) is 11.4 Å². The summed E-state index contributed by atoms with van der Waals surface area (Å²) < 4.78 is 0. The lowest BCUT2D eigenvalue weighted by Crippen LogP contribution is -2.65. The number of amides is 1. The zero-order valence-electron chi connectivity index (χ0n) is 22.0. The Labute approximate surface area is 215 Å². The Morgan fingerprint density at radius 2 is 1.76 bits per heavy atom. The van der Waals surface area contributed by atoms with Crippen LogP contribution in [0.2, 0.25) is 0 Å². The van der Waals surface area contributed by atoms with E-state index in [1.54, 1.807) is 14.1 Å². The highest BCUT2D eigenvalue weighted by atomic mass is 16.3. The molecule has 6 N–H and O–H groups in total. The summed E-state index contributed by atoms with van der Waals surface area (Å²) in [5.74, 6) is -6.48. The Morgan fingerprint density at radius 1 is 1.14 bits per heavy atom. The maximum atomic E-state index is 13.8. The van der Waals surface area contributed by atoms with Gasteiger partial charge in [0, 0.05) is 23.6 Å². The molecule has 1 aromatic carbocycles. The predicted molar refractivity (Wildman–Crippen MR) is 135 cm³/mol. The van der Waals surface area contributed by atoms with E-state index in [2.05, 4.69) is 25.7 Å². The number of likely N-dealkylation sites (N-methyl/N-ethyl adjacent to an activating group) is 1. The number of aliphatic hydroxyl groups is 3. The van der Waals surface area contributed by atoms with E-state index in [4.69, 9.17) is 5.73 Å². The molecule has 0 aromatic heterocycles. The third-order valence-electron chi connectivity index (χ3n) is 8.15. The number of nitrogens with zero attached hydrogens (tertiary/aromatic N) is 2. The Bertz CT molecular complexity index is 1270. The summed E-state index contributed by atoms with van der Waals surface area (Å²) in [7, 11) is 5.11. The number of phenolic OH excluding ortho intramolecular Hbond substituents is 1. The van der Waals surface area contributed by atoms with Crippen molar-refractivity contribution in [1.82, 2.24) is 9.80 Å². The van der Waals surface area contributed by atoms with E-state index < -0.39 is 58.0 Å². The number of aromatic hydroxyl groups is 1. The molecule has 0 heterocycles. The van der Waals surface area contributed by atoms with Crippen molar-refractivity contribution < 1.29 is 34.8 Å². The van der Waals surface area contributed by atoms with Crippen molar-refractivity contribution in [3.05, 3.63) is 45.7 Å². The molecule has 0 saturated heterocycles. The molecule has 1 aromatic rings.